The van der Waals surface area contributed by atoms with E-state index in [1.54, 1.807) is 18.9 Å². The maximum Gasteiger partial charge on any atom is 0.243 e. The summed E-state index contributed by atoms with van der Waals surface area (Å²) in [6.07, 6.45) is 3.52. The molecular weight excluding hydrogens is 382 g/mol. The first-order valence-corrected chi connectivity index (χ1v) is 10.7. The van der Waals surface area contributed by atoms with Crippen LogP contribution in [0.2, 0.25) is 0 Å². The van der Waals surface area contributed by atoms with Crippen molar-refractivity contribution in [1.82, 2.24) is 26.2 Å². The van der Waals surface area contributed by atoms with Gasteiger partial charge >= 0.3 is 0 Å². The molecule has 1 heterocycles. The summed E-state index contributed by atoms with van der Waals surface area (Å²) in [5.74, 6) is -0.610. The van der Waals surface area contributed by atoms with Gasteiger partial charge in [0.1, 0.15) is 6.04 Å². The maximum atomic E-state index is 13.2. The van der Waals surface area contributed by atoms with Crippen molar-refractivity contribution in [3.8, 4) is 0 Å². The lowest BCUT2D eigenvalue weighted by Gasteiger charge is -2.30. The molecular formula is C22H33N5O3. The molecule has 0 aromatic heterocycles. The first-order chi connectivity index (χ1) is 14.4. The summed E-state index contributed by atoms with van der Waals surface area (Å²) in [7, 11) is 3.52. The first kappa shape index (κ1) is 22.2. The van der Waals surface area contributed by atoms with Gasteiger partial charge in [0.2, 0.25) is 17.7 Å². The van der Waals surface area contributed by atoms with Crippen LogP contribution in [0.5, 0.6) is 0 Å². The number of rotatable bonds is 7. The molecule has 0 radical (unpaired) electrons. The molecule has 3 amide bonds. The zero-order valence-corrected chi connectivity index (χ0v) is 18.0. The fraction of sp³-hybridized carbons (Fsp3) is 0.591. The van der Waals surface area contributed by atoms with Crippen LogP contribution in [0, 0.1) is 0 Å². The number of benzene rings is 1. The number of nitrogens with one attached hydrogen (secondary N) is 4. The van der Waals surface area contributed by atoms with Crippen LogP contribution >= 0.6 is 0 Å². The molecule has 4 atom stereocenters. The topological polar surface area (TPSA) is 103 Å². The third-order valence-corrected chi connectivity index (χ3v) is 6.26. The van der Waals surface area contributed by atoms with E-state index in [0.717, 1.165) is 19.3 Å². The lowest BCUT2D eigenvalue weighted by atomic mass is 9.87. The van der Waals surface area contributed by atoms with Gasteiger partial charge in [-0.3, -0.25) is 14.4 Å². The number of carbonyl (C=O) groups excluding carboxylic acids is 3. The molecule has 0 saturated carbocycles. The Bertz CT molecular complexity index is 784. The van der Waals surface area contributed by atoms with Crippen LogP contribution in [0.4, 0.5) is 0 Å². The van der Waals surface area contributed by atoms with Gasteiger partial charge in [0.05, 0.1) is 18.6 Å². The molecule has 1 aromatic rings. The summed E-state index contributed by atoms with van der Waals surface area (Å²) < 4.78 is 0. The largest absolute Gasteiger partial charge is 0.347 e. The Hall–Kier alpha value is -2.45. The fourth-order valence-electron chi connectivity index (χ4n) is 4.29. The molecule has 8 heteroatoms. The van der Waals surface area contributed by atoms with Crippen molar-refractivity contribution in [2.45, 2.75) is 56.8 Å². The summed E-state index contributed by atoms with van der Waals surface area (Å²) in [5, 5.41) is 11.9. The number of hydrogen-bond donors (Lipinski definition) is 4. The third kappa shape index (κ3) is 4.99. The minimum absolute atomic E-state index is 0.0239. The van der Waals surface area contributed by atoms with E-state index in [9.17, 15) is 14.4 Å². The van der Waals surface area contributed by atoms with Crippen LogP contribution in [0.1, 0.15) is 43.4 Å². The Morgan fingerprint density at radius 3 is 2.70 bits per heavy atom. The van der Waals surface area contributed by atoms with E-state index >= 15 is 0 Å². The normalized spacial score (nSPS) is 24.1. The molecule has 0 bridgehead atoms. The van der Waals surface area contributed by atoms with Crippen molar-refractivity contribution in [1.29, 1.82) is 0 Å². The zero-order valence-electron chi connectivity index (χ0n) is 18.0. The highest BCUT2D eigenvalue weighted by Gasteiger charge is 2.39. The number of hydrogen-bond acceptors (Lipinski definition) is 5. The molecule has 1 aromatic carbocycles. The quantitative estimate of drug-likeness (QED) is 0.506. The van der Waals surface area contributed by atoms with E-state index in [-0.39, 0.29) is 42.4 Å². The molecule has 1 aliphatic carbocycles. The van der Waals surface area contributed by atoms with Crippen LogP contribution in [-0.2, 0) is 20.8 Å². The molecule has 4 unspecified atom stereocenters. The lowest BCUT2D eigenvalue weighted by Crippen LogP contribution is -2.51. The minimum Gasteiger partial charge on any atom is -0.347 e. The second-order valence-corrected chi connectivity index (χ2v) is 8.16. The molecule has 3 rings (SSSR count). The smallest absolute Gasteiger partial charge is 0.243 e. The molecule has 8 nitrogen and oxygen atoms in total. The minimum atomic E-state index is -0.539. The number of carbonyl (C=O) groups is 3. The summed E-state index contributed by atoms with van der Waals surface area (Å²) in [4.78, 5) is 39.5. The Morgan fingerprint density at radius 2 is 1.97 bits per heavy atom. The lowest BCUT2D eigenvalue weighted by molar-refractivity contribution is -0.139. The van der Waals surface area contributed by atoms with Gasteiger partial charge in [-0.25, -0.2) is 0 Å². The molecule has 1 saturated heterocycles. The SMILES string of the molecule is CNC1CC(C(=O)NC2CCCc3ccccc32)N(C(=O)CNC(=O)C(C)NC)C1. The first-order valence-electron chi connectivity index (χ1n) is 10.7. The van der Waals surface area contributed by atoms with Gasteiger partial charge in [-0.05, 0) is 57.8 Å². The Morgan fingerprint density at radius 1 is 1.20 bits per heavy atom. The van der Waals surface area contributed by atoms with Gasteiger partial charge in [-0.1, -0.05) is 24.3 Å². The molecule has 30 heavy (non-hydrogen) atoms. The van der Waals surface area contributed by atoms with Gasteiger partial charge in [0.25, 0.3) is 0 Å². The Labute approximate surface area is 178 Å². The molecule has 0 spiro atoms. The number of likely N-dealkylation sites (tertiary alicyclic amines) is 1. The number of fused-ring (bicyclic) bond motifs is 1. The van der Waals surface area contributed by atoms with E-state index in [2.05, 4.69) is 33.4 Å². The molecule has 164 valence electrons. The summed E-state index contributed by atoms with van der Waals surface area (Å²) in [6.45, 7) is 2.06. The van der Waals surface area contributed by atoms with Crippen LogP contribution in [0.25, 0.3) is 0 Å². The predicted octanol–water partition coefficient (Wildman–Crippen LogP) is 0.0932. The average Bonchev–Trinajstić information content (AvgIpc) is 3.21. The van der Waals surface area contributed by atoms with Crippen LogP contribution in [0.15, 0.2) is 24.3 Å². The van der Waals surface area contributed by atoms with Crippen molar-refractivity contribution in [2.24, 2.45) is 0 Å². The highest BCUT2D eigenvalue weighted by Crippen LogP contribution is 2.30. The molecule has 4 N–H and O–H groups in total. The predicted molar refractivity (Wildman–Crippen MR) is 115 cm³/mol. The summed E-state index contributed by atoms with van der Waals surface area (Å²) in [5.41, 5.74) is 2.45. The fourth-order valence-corrected chi connectivity index (χ4v) is 4.29. The van der Waals surface area contributed by atoms with Crippen molar-refractivity contribution in [3.63, 3.8) is 0 Å². The van der Waals surface area contributed by atoms with Crippen molar-refractivity contribution < 1.29 is 14.4 Å². The van der Waals surface area contributed by atoms with E-state index in [0.29, 0.717) is 13.0 Å². The van der Waals surface area contributed by atoms with Crippen LogP contribution < -0.4 is 21.3 Å². The van der Waals surface area contributed by atoms with Crippen molar-refractivity contribution in [2.75, 3.05) is 27.2 Å². The van der Waals surface area contributed by atoms with Gasteiger partial charge in [0.15, 0.2) is 0 Å². The zero-order chi connectivity index (χ0) is 21.7. The number of nitrogens with zero attached hydrogens (tertiary/aromatic N) is 1. The summed E-state index contributed by atoms with van der Waals surface area (Å²) >= 11 is 0. The Kier molecular flexibility index (Phi) is 7.44. The summed E-state index contributed by atoms with van der Waals surface area (Å²) in [6, 6.07) is 7.33. The maximum absolute atomic E-state index is 13.2. The van der Waals surface area contributed by atoms with Crippen molar-refractivity contribution in [3.05, 3.63) is 35.4 Å². The van der Waals surface area contributed by atoms with Gasteiger partial charge in [0, 0.05) is 12.6 Å². The highest BCUT2D eigenvalue weighted by atomic mass is 16.2. The highest BCUT2D eigenvalue weighted by molar-refractivity contribution is 5.91. The monoisotopic (exact) mass is 415 g/mol. The van der Waals surface area contributed by atoms with Crippen LogP contribution in [0.3, 0.4) is 0 Å². The molecule has 1 aliphatic heterocycles. The molecule has 1 fully saturated rings. The van der Waals surface area contributed by atoms with E-state index in [1.165, 1.54) is 11.1 Å². The van der Waals surface area contributed by atoms with Gasteiger partial charge in [-0.15, -0.1) is 0 Å². The van der Waals surface area contributed by atoms with Crippen LogP contribution in [-0.4, -0.2) is 67.9 Å². The standard InChI is InChI=1S/C22H33N5O3/c1-14(23-2)21(29)25-12-20(28)27-13-16(24-3)11-19(27)22(30)26-18-10-6-8-15-7-4-5-9-17(15)18/h4-5,7,9,14,16,18-19,23-24H,6,8,10-13H2,1-3H3,(H,25,29)(H,26,30). The number of likely N-dealkylation sites (N-methyl/N-ethyl adjacent to an activating group) is 2. The second-order valence-electron chi connectivity index (χ2n) is 8.16. The van der Waals surface area contributed by atoms with Crippen molar-refractivity contribution >= 4 is 17.7 Å². The van der Waals surface area contributed by atoms with E-state index in [4.69, 9.17) is 0 Å². The second kappa shape index (κ2) is 10.0. The van der Waals surface area contributed by atoms with E-state index < -0.39 is 6.04 Å². The van der Waals surface area contributed by atoms with E-state index in [1.807, 2.05) is 19.2 Å². The third-order valence-electron chi connectivity index (χ3n) is 6.26. The average molecular weight is 416 g/mol. The Balaban J connectivity index is 1.66. The molecule has 2 aliphatic rings. The number of amides is 3. The number of aryl methyl sites for hydroxylation is 1. The van der Waals surface area contributed by atoms with Gasteiger partial charge in [-0.2, -0.15) is 0 Å². The van der Waals surface area contributed by atoms with Gasteiger partial charge < -0.3 is 26.2 Å².